The van der Waals surface area contributed by atoms with Crippen molar-refractivity contribution in [2.45, 2.75) is 47.1 Å². The molecule has 1 amide bonds. The van der Waals surface area contributed by atoms with E-state index in [1.807, 2.05) is 31.2 Å². The van der Waals surface area contributed by atoms with Crippen LogP contribution >= 0.6 is 0 Å². The number of ether oxygens (including phenoxy) is 1. The molecule has 0 aliphatic heterocycles. The van der Waals surface area contributed by atoms with Gasteiger partial charge in [0.15, 0.2) is 12.6 Å². The predicted molar refractivity (Wildman–Crippen MR) is 108 cm³/mol. The van der Waals surface area contributed by atoms with E-state index in [1.165, 1.54) is 0 Å². The van der Waals surface area contributed by atoms with Gasteiger partial charge in [-0.1, -0.05) is 38.8 Å². The van der Waals surface area contributed by atoms with E-state index in [2.05, 4.69) is 41.7 Å². The van der Waals surface area contributed by atoms with Crippen molar-refractivity contribution in [3.05, 3.63) is 29.8 Å². The first kappa shape index (κ1) is 21.8. The largest absolute Gasteiger partial charge is 0.484 e. The van der Waals surface area contributed by atoms with Gasteiger partial charge in [0.2, 0.25) is 0 Å². The highest BCUT2D eigenvalue weighted by atomic mass is 16.5. The Kier molecular flexibility index (Phi) is 10.9. The Morgan fingerprint density at radius 1 is 1.08 bits per heavy atom. The molecule has 6 nitrogen and oxygen atoms in total. The average Bonchev–Trinajstić information content (AvgIpc) is 2.65. The maximum Gasteiger partial charge on any atom is 0.257 e. The highest BCUT2D eigenvalue weighted by Crippen LogP contribution is 2.14. The molecule has 0 heterocycles. The fourth-order valence-electron chi connectivity index (χ4n) is 2.46. The molecule has 0 spiro atoms. The number of likely N-dealkylation sites (N-methyl/N-ethyl adjacent to an activating group) is 1. The molecule has 0 atom stereocenters. The van der Waals surface area contributed by atoms with Gasteiger partial charge in [0.05, 0.1) is 6.54 Å². The Morgan fingerprint density at radius 2 is 1.81 bits per heavy atom. The maximum absolute atomic E-state index is 11.5. The van der Waals surface area contributed by atoms with Crippen LogP contribution in [0.2, 0.25) is 0 Å². The quantitative estimate of drug-likeness (QED) is 0.418. The smallest absolute Gasteiger partial charge is 0.257 e. The van der Waals surface area contributed by atoms with Gasteiger partial charge < -0.3 is 20.7 Å². The second kappa shape index (κ2) is 13.0. The van der Waals surface area contributed by atoms with Gasteiger partial charge in [-0.25, -0.2) is 4.99 Å². The van der Waals surface area contributed by atoms with Crippen LogP contribution in [0.3, 0.4) is 0 Å². The summed E-state index contributed by atoms with van der Waals surface area (Å²) < 4.78 is 5.53. The van der Waals surface area contributed by atoms with E-state index in [-0.39, 0.29) is 12.5 Å². The van der Waals surface area contributed by atoms with Crippen molar-refractivity contribution in [1.82, 2.24) is 16.0 Å². The lowest BCUT2D eigenvalue weighted by molar-refractivity contribution is -0.122. The lowest BCUT2D eigenvalue weighted by Crippen LogP contribution is -2.39. The van der Waals surface area contributed by atoms with Gasteiger partial charge >= 0.3 is 0 Å². The van der Waals surface area contributed by atoms with E-state index in [1.54, 1.807) is 0 Å². The molecule has 146 valence electrons. The zero-order valence-electron chi connectivity index (χ0n) is 16.6. The minimum atomic E-state index is -0.115. The Morgan fingerprint density at radius 3 is 2.46 bits per heavy atom. The number of nitrogens with zero attached hydrogens (tertiary/aromatic N) is 1. The molecule has 0 aliphatic rings. The van der Waals surface area contributed by atoms with Crippen LogP contribution in [0.5, 0.6) is 5.75 Å². The second-order valence-electron chi connectivity index (χ2n) is 6.15. The van der Waals surface area contributed by atoms with Crippen LogP contribution in [0.15, 0.2) is 29.3 Å². The molecule has 1 aromatic carbocycles. The van der Waals surface area contributed by atoms with Crippen molar-refractivity contribution in [3.8, 4) is 5.75 Å². The molecule has 0 saturated carbocycles. The van der Waals surface area contributed by atoms with Crippen LogP contribution in [-0.2, 0) is 11.3 Å². The van der Waals surface area contributed by atoms with E-state index >= 15 is 0 Å². The van der Waals surface area contributed by atoms with Crippen molar-refractivity contribution in [3.63, 3.8) is 0 Å². The number of nitrogens with one attached hydrogen (secondary N) is 3. The molecule has 1 aromatic rings. The third-order valence-corrected chi connectivity index (χ3v) is 4.12. The number of carbonyl (C=O) groups is 1. The Bertz CT molecular complexity index is 556. The molecule has 1 rings (SSSR count). The molecule has 0 radical (unpaired) electrons. The number of carbonyl (C=O) groups excluding carboxylic acids is 1. The summed E-state index contributed by atoms with van der Waals surface area (Å²) in [7, 11) is 0. The monoisotopic (exact) mass is 362 g/mol. The standard InChI is InChI=1S/C20H34N4O2/c1-5-16(6-2)13-23-20(22-8-4)24-14-17-10-9-11-18(12-17)26-15-19(25)21-7-3/h9-12,16H,5-8,13-15H2,1-4H3,(H,21,25)(H2,22,23,24). The molecule has 26 heavy (non-hydrogen) atoms. The first-order chi connectivity index (χ1) is 12.6. The van der Waals surface area contributed by atoms with Gasteiger partial charge in [0.25, 0.3) is 5.91 Å². The molecule has 0 aromatic heterocycles. The van der Waals surface area contributed by atoms with Gasteiger partial charge in [-0.05, 0) is 37.5 Å². The highest BCUT2D eigenvalue weighted by Gasteiger charge is 2.05. The number of benzene rings is 1. The fraction of sp³-hybridized carbons (Fsp3) is 0.600. The lowest BCUT2D eigenvalue weighted by atomic mass is 10.0. The van der Waals surface area contributed by atoms with E-state index < -0.39 is 0 Å². The van der Waals surface area contributed by atoms with Gasteiger partial charge in [0.1, 0.15) is 5.75 Å². The van der Waals surface area contributed by atoms with E-state index in [0.29, 0.717) is 24.8 Å². The topological polar surface area (TPSA) is 74.8 Å². The van der Waals surface area contributed by atoms with Crippen molar-refractivity contribution in [2.75, 3.05) is 26.2 Å². The molecule has 0 saturated heterocycles. The first-order valence-electron chi connectivity index (χ1n) is 9.63. The molecule has 0 unspecified atom stereocenters. The zero-order valence-corrected chi connectivity index (χ0v) is 16.6. The summed E-state index contributed by atoms with van der Waals surface area (Å²) in [5.74, 6) is 2.05. The summed E-state index contributed by atoms with van der Waals surface area (Å²) in [5.41, 5.74) is 1.04. The van der Waals surface area contributed by atoms with Crippen molar-refractivity contribution >= 4 is 11.9 Å². The van der Waals surface area contributed by atoms with Crippen molar-refractivity contribution < 1.29 is 9.53 Å². The van der Waals surface area contributed by atoms with Gasteiger partial charge in [-0.15, -0.1) is 0 Å². The van der Waals surface area contributed by atoms with Crippen molar-refractivity contribution in [2.24, 2.45) is 10.9 Å². The number of aliphatic imine (C=N–C) groups is 1. The number of amides is 1. The summed E-state index contributed by atoms with van der Waals surface area (Å²) >= 11 is 0. The number of rotatable bonds is 11. The van der Waals surface area contributed by atoms with E-state index in [9.17, 15) is 4.79 Å². The summed E-state index contributed by atoms with van der Waals surface area (Å²) in [6.07, 6.45) is 2.32. The molecular weight excluding hydrogens is 328 g/mol. The average molecular weight is 363 g/mol. The number of guanidine groups is 1. The van der Waals surface area contributed by atoms with Crippen LogP contribution in [0.1, 0.15) is 46.1 Å². The third-order valence-electron chi connectivity index (χ3n) is 4.12. The zero-order chi connectivity index (χ0) is 19.2. The summed E-state index contributed by atoms with van der Waals surface area (Å²) in [4.78, 5) is 16.1. The predicted octanol–water partition coefficient (Wildman–Crippen LogP) is 2.69. The summed E-state index contributed by atoms with van der Waals surface area (Å²) in [6.45, 7) is 11.3. The van der Waals surface area contributed by atoms with E-state index in [0.717, 1.165) is 37.5 Å². The molecular formula is C20H34N4O2. The molecule has 0 aliphatic carbocycles. The third kappa shape index (κ3) is 8.74. The minimum absolute atomic E-state index is 0.0280. The molecule has 3 N–H and O–H groups in total. The Balaban J connectivity index is 2.62. The minimum Gasteiger partial charge on any atom is -0.484 e. The lowest BCUT2D eigenvalue weighted by Gasteiger charge is -2.16. The van der Waals surface area contributed by atoms with Crippen LogP contribution in [0.25, 0.3) is 0 Å². The first-order valence-corrected chi connectivity index (χ1v) is 9.63. The van der Waals surface area contributed by atoms with Crippen LogP contribution in [-0.4, -0.2) is 38.1 Å². The van der Waals surface area contributed by atoms with Gasteiger partial charge in [-0.3, -0.25) is 4.79 Å². The Hall–Kier alpha value is -2.24. The molecule has 6 heteroatoms. The molecule has 0 fully saturated rings. The summed E-state index contributed by atoms with van der Waals surface area (Å²) in [5, 5.41) is 9.41. The van der Waals surface area contributed by atoms with Gasteiger partial charge in [-0.2, -0.15) is 0 Å². The Labute approximate surface area is 157 Å². The van der Waals surface area contributed by atoms with Crippen LogP contribution in [0.4, 0.5) is 0 Å². The van der Waals surface area contributed by atoms with Crippen LogP contribution < -0.4 is 20.7 Å². The fourth-order valence-corrected chi connectivity index (χ4v) is 2.46. The molecule has 0 bridgehead atoms. The van der Waals surface area contributed by atoms with Crippen molar-refractivity contribution in [1.29, 1.82) is 0 Å². The SMILES string of the molecule is CCNC(=O)COc1cccc(CN=C(NCC)NCC(CC)CC)c1. The van der Waals surface area contributed by atoms with E-state index in [4.69, 9.17) is 4.74 Å². The normalized spacial score (nSPS) is 11.3. The van der Waals surface area contributed by atoms with Gasteiger partial charge in [0, 0.05) is 19.6 Å². The number of hydrogen-bond donors (Lipinski definition) is 3. The number of hydrogen-bond acceptors (Lipinski definition) is 3. The maximum atomic E-state index is 11.5. The van der Waals surface area contributed by atoms with Crippen LogP contribution in [0, 0.1) is 5.92 Å². The highest BCUT2D eigenvalue weighted by molar-refractivity contribution is 5.79. The summed E-state index contributed by atoms with van der Waals surface area (Å²) in [6, 6.07) is 7.70. The second-order valence-corrected chi connectivity index (χ2v) is 6.15.